The Hall–Kier alpha value is -3.91. The third kappa shape index (κ3) is 4.23. The fourth-order valence-electron chi connectivity index (χ4n) is 2.68. The molecule has 0 saturated carbocycles. The van der Waals surface area contributed by atoms with Gasteiger partial charge in [0, 0.05) is 0 Å². The maximum Gasteiger partial charge on any atom is 0.335 e. The third-order valence-corrected chi connectivity index (χ3v) is 4.39. The minimum absolute atomic E-state index is 0.0103. The smallest absolute Gasteiger partial charge is 0.335 e. The van der Waals surface area contributed by atoms with Crippen LogP contribution in [0.5, 0.6) is 5.75 Å². The van der Waals surface area contributed by atoms with Gasteiger partial charge in [0.15, 0.2) is 0 Å². The van der Waals surface area contributed by atoms with Crippen molar-refractivity contribution in [3.8, 4) is 5.75 Å². The number of aromatic carboxylic acids is 1. The number of anilines is 1. The Balaban J connectivity index is 1.93. The van der Waals surface area contributed by atoms with Crippen LogP contribution in [0.3, 0.4) is 0 Å². The van der Waals surface area contributed by atoms with Gasteiger partial charge >= 0.3 is 12.0 Å². The number of benzene rings is 2. The van der Waals surface area contributed by atoms with Crippen molar-refractivity contribution in [2.24, 2.45) is 0 Å². The molecule has 0 spiro atoms. The fourth-order valence-corrected chi connectivity index (χ4v) is 2.93. The van der Waals surface area contributed by atoms with E-state index in [1.165, 1.54) is 36.4 Å². The summed E-state index contributed by atoms with van der Waals surface area (Å²) in [4.78, 5) is 49.0. The minimum atomic E-state index is -1.15. The number of hydrogen-bond donors (Lipinski definition) is 2. The largest absolute Gasteiger partial charge is 0.488 e. The van der Waals surface area contributed by atoms with Gasteiger partial charge < -0.3 is 9.84 Å². The molecule has 8 nitrogen and oxygen atoms in total. The Bertz CT molecular complexity index is 1090. The van der Waals surface area contributed by atoms with Crippen LogP contribution in [-0.2, 0) is 9.59 Å². The molecule has 0 radical (unpaired) electrons. The molecule has 30 heavy (non-hydrogen) atoms. The first-order chi connectivity index (χ1) is 14.3. The van der Waals surface area contributed by atoms with Gasteiger partial charge in [-0.05, 0) is 48.0 Å². The number of carboxylic acids is 1. The van der Waals surface area contributed by atoms with Gasteiger partial charge in [-0.2, -0.15) is 0 Å². The Labute approximate surface area is 176 Å². The highest BCUT2D eigenvalue weighted by Gasteiger charge is 2.36. The van der Waals surface area contributed by atoms with Gasteiger partial charge in [-0.25, -0.2) is 14.5 Å². The number of hydrogen-bond acceptors (Lipinski definition) is 5. The lowest BCUT2D eigenvalue weighted by atomic mass is 10.1. The van der Waals surface area contributed by atoms with E-state index in [4.69, 9.17) is 21.4 Å². The Kier molecular flexibility index (Phi) is 5.98. The predicted octanol–water partition coefficient (Wildman–Crippen LogP) is 3.27. The quantitative estimate of drug-likeness (QED) is 0.416. The van der Waals surface area contributed by atoms with E-state index in [-0.39, 0.29) is 28.5 Å². The summed E-state index contributed by atoms with van der Waals surface area (Å²) in [5.41, 5.74) is 0.267. The Morgan fingerprint density at radius 2 is 1.87 bits per heavy atom. The molecule has 0 aromatic heterocycles. The molecule has 9 heteroatoms. The zero-order chi connectivity index (χ0) is 21.8. The minimum Gasteiger partial charge on any atom is -0.488 e. The molecule has 2 aromatic rings. The molecular weight excluding hydrogens is 412 g/mol. The van der Waals surface area contributed by atoms with Gasteiger partial charge in [-0.15, -0.1) is 0 Å². The van der Waals surface area contributed by atoms with Gasteiger partial charge in [0.2, 0.25) is 0 Å². The highest BCUT2D eigenvalue weighted by atomic mass is 35.5. The summed E-state index contributed by atoms with van der Waals surface area (Å²) in [5.74, 6) is -2.45. The molecular formula is C21H15ClN2O6. The van der Waals surface area contributed by atoms with Crippen LogP contribution in [0.1, 0.15) is 15.9 Å². The average molecular weight is 427 g/mol. The molecule has 0 bridgehead atoms. The van der Waals surface area contributed by atoms with E-state index >= 15 is 0 Å². The molecule has 4 amide bonds. The summed E-state index contributed by atoms with van der Waals surface area (Å²) in [7, 11) is 0. The number of barbiturate groups is 1. The van der Waals surface area contributed by atoms with E-state index < -0.39 is 23.8 Å². The molecule has 2 aromatic carbocycles. The van der Waals surface area contributed by atoms with Crippen LogP contribution in [0.25, 0.3) is 6.08 Å². The van der Waals surface area contributed by atoms with Crippen molar-refractivity contribution < 1.29 is 29.0 Å². The van der Waals surface area contributed by atoms with Crippen LogP contribution < -0.4 is 15.0 Å². The van der Waals surface area contributed by atoms with E-state index in [9.17, 15) is 19.2 Å². The number of nitrogens with one attached hydrogen (secondary N) is 1. The lowest BCUT2D eigenvalue weighted by molar-refractivity contribution is -0.122. The summed E-state index contributed by atoms with van der Waals surface area (Å²) >= 11 is 6.16. The van der Waals surface area contributed by atoms with Crippen molar-refractivity contribution in [3.05, 3.63) is 76.8 Å². The molecule has 0 unspecified atom stereocenters. The van der Waals surface area contributed by atoms with Crippen LogP contribution in [0.15, 0.2) is 60.7 Å². The number of carbonyl (C=O) groups excluding carboxylic acids is 3. The molecule has 1 saturated heterocycles. The van der Waals surface area contributed by atoms with Crippen molar-refractivity contribution in [1.82, 2.24) is 5.32 Å². The number of amides is 4. The van der Waals surface area contributed by atoms with E-state index in [0.717, 1.165) is 4.90 Å². The van der Waals surface area contributed by atoms with Crippen LogP contribution in [0.4, 0.5) is 10.5 Å². The molecule has 1 fully saturated rings. The summed E-state index contributed by atoms with van der Waals surface area (Å²) in [6, 6.07) is 8.86. The molecule has 2 N–H and O–H groups in total. The first kappa shape index (κ1) is 20.8. The molecule has 0 aliphatic carbocycles. The highest BCUT2D eigenvalue weighted by Crippen LogP contribution is 2.28. The maximum absolute atomic E-state index is 12.9. The first-order valence-corrected chi connectivity index (χ1v) is 8.97. The topological polar surface area (TPSA) is 113 Å². The Morgan fingerprint density at radius 1 is 1.17 bits per heavy atom. The fraction of sp³-hybridized carbons (Fsp3) is 0.0476. The lowest BCUT2D eigenvalue weighted by Crippen LogP contribution is -2.54. The molecule has 3 rings (SSSR count). The molecule has 1 aliphatic rings. The predicted molar refractivity (Wildman–Crippen MR) is 110 cm³/mol. The molecule has 1 heterocycles. The van der Waals surface area contributed by atoms with Crippen molar-refractivity contribution in [3.63, 3.8) is 0 Å². The van der Waals surface area contributed by atoms with Crippen molar-refractivity contribution >= 4 is 47.2 Å². The van der Waals surface area contributed by atoms with Gasteiger partial charge in [-0.1, -0.05) is 30.3 Å². The van der Waals surface area contributed by atoms with E-state index in [2.05, 4.69) is 11.9 Å². The summed E-state index contributed by atoms with van der Waals surface area (Å²) in [5, 5.41) is 11.3. The zero-order valence-electron chi connectivity index (χ0n) is 15.4. The second-order valence-electron chi connectivity index (χ2n) is 6.10. The number of carbonyl (C=O) groups is 4. The second kappa shape index (κ2) is 8.62. The van der Waals surface area contributed by atoms with Gasteiger partial charge in [0.25, 0.3) is 11.8 Å². The van der Waals surface area contributed by atoms with Crippen LogP contribution >= 0.6 is 11.6 Å². The summed E-state index contributed by atoms with van der Waals surface area (Å²) < 4.78 is 5.38. The van der Waals surface area contributed by atoms with E-state index in [0.29, 0.717) is 11.3 Å². The van der Waals surface area contributed by atoms with Crippen LogP contribution in [0.2, 0.25) is 5.02 Å². The van der Waals surface area contributed by atoms with Gasteiger partial charge in [-0.3, -0.25) is 14.9 Å². The zero-order valence-corrected chi connectivity index (χ0v) is 16.2. The lowest BCUT2D eigenvalue weighted by Gasteiger charge is -2.26. The molecule has 1 aliphatic heterocycles. The number of nitrogens with zero attached hydrogens (tertiary/aromatic N) is 1. The Morgan fingerprint density at radius 3 is 2.47 bits per heavy atom. The SMILES string of the molecule is C=CCOc1ccc(/C=C2\C(=O)NC(=O)N(c3ccc(C(=O)O)cc3)C2=O)cc1Cl. The number of urea groups is 1. The summed E-state index contributed by atoms with van der Waals surface area (Å²) in [6.45, 7) is 3.81. The normalized spacial score (nSPS) is 15.2. The number of imide groups is 2. The number of halogens is 1. The number of ether oxygens (including phenoxy) is 1. The first-order valence-electron chi connectivity index (χ1n) is 8.60. The van der Waals surface area contributed by atoms with Gasteiger partial charge in [0.1, 0.15) is 17.9 Å². The van der Waals surface area contributed by atoms with Crippen LogP contribution in [0, 0.1) is 0 Å². The standard InChI is InChI=1S/C21H15ClN2O6/c1-2-9-30-17-8-3-12(11-16(17)22)10-15-18(25)23-21(29)24(19(15)26)14-6-4-13(5-7-14)20(27)28/h2-8,10-11H,1,9H2,(H,27,28)(H,23,25,29)/b15-10+. The molecule has 0 atom stereocenters. The van der Waals surface area contributed by atoms with Crippen LogP contribution in [-0.4, -0.2) is 35.5 Å². The van der Waals surface area contributed by atoms with Gasteiger partial charge in [0.05, 0.1) is 16.3 Å². The number of rotatable bonds is 6. The monoisotopic (exact) mass is 426 g/mol. The van der Waals surface area contributed by atoms with Crippen molar-refractivity contribution in [1.29, 1.82) is 0 Å². The maximum atomic E-state index is 12.9. The number of carboxylic acid groups (broad SMARTS) is 1. The summed E-state index contributed by atoms with van der Waals surface area (Å²) in [6.07, 6.45) is 2.86. The molecule has 152 valence electrons. The third-order valence-electron chi connectivity index (χ3n) is 4.10. The van der Waals surface area contributed by atoms with Crippen molar-refractivity contribution in [2.75, 3.05) is 11.5 Å². The highest BCUT2D eigenvalue weighted by molar-refractivity contribution is 6.39. The van der Waals surface area contributed by atoms with Crippen molar-refractivity contribution in [2.45, 2.75) is 0 Å². The van der Waals surface area contributed by atoms with E-state index in [1.807, 2.05) is 0 Å². The second-order valence-corrected chi connectivity index (χ2v) is 6.51. The average Bonchev–Trinajstić information content (AvgIpc) is 2.70. The van der Waals surface area contributed by atoms with E-state index in [1.54, 1.807) is 18.2 Å².